The van der Waals surface area contributed by atoms with Gasteiger partial charge in [-0.25, -0.2) is 0 Å². The maximum absolute atomic E-state index is 5.51. The van der Waals surface area contributed by atoms with Crippen LogP contribution in [0.2, 0.25) is 0 Å². The number of hydrogen-bond acceptors (Lipinski definition) is 5. The van der Waals surface area contributed by atoms with Crippen molar-refractivity contribution in [1.29, 1.82) is 0 Å². The second kappa shape index (κ2) is 7.26. The van der Waals surface area contributed by atoms with Gasteiger partial charge in [0.1, 0.15) is 5.76 Å². The molecule has 1 fully saturated rings. The van der Waals surface area contributed by atoms with Crippen LogP contribution in [0.15, 0.2) is 22.7 Å². The van der Waals surface area contributed by atoms with Gasteiger partial charge in [0, 0.05) is 24.6 Å². The minimum absolute atomic E-state index is 0.388. The van der Waals surface area contributed by atoms with Gasteiger partial charge in [0.05, 0.1) is 19.9 Å². The van der Waals surface area contributed by atoms with Crippen molar-refractivity contribution in [2.75, 3.05) is 20.8 Å². The molecule has 0 N–H and O–H groups in total. The summed E-state index contributed by atoms with van der Waals surface area (Å²) in [6.07, 6.45) is 3.24. The SMILES string of the molecule is CCc1onc(C)c1C1CCCN1Cc1ccc(OC)c(OC)c1. The van der Waals surface area contributed by atoms with Gasteiger partial charge in [-0.2, -0.15) is 0 Å². The fraction of sp³-hybridized carbons (Fsp3) is 0.526. The number of nitrogens with zero attached hydrogens (tertiary/aromatic N) is 2. The van der Waals surface area contributed by atoms with E-state index in [1.807, 2.05) is 13.0 Å². The molecule has 1 aliphatic rings. The Morgan fingerprint density at radius 1 is 1.25 bits per heavy atom. The average molecular weight is 330 g/mol. The highest BCUT2D eigenvalue weighted by atomic mass is 16.5. The Balaban J connectivity index is 1.83. The highest BCUT2D eigenvalue weighted by molar-refractivity contribution is 5.43. The van der Waals surface area contributed by atoms with Crippen molar-refractivity contribution in [1.82, 2.24) is 10.1 Å². The molecule has 1 unspecified atom stereocenters. The van der Waals surface area contributed by atoms with Crippen LogP contribution >= 0.6 is 0 Å². The normalized spacial score (nSPS) is 18.1. The zero-order valence-corrected chi connectivity index (χ0v) is 15.0. The minimum Gasteiger partial charge on any atom is -0.493 e. The number of benzene rings is 1. The lowest BCUT2D eigenvalue weighted by atomic mass is 10.0. The second-order valence-corrected chi connectivity index (χ2v) is 6.28. The van der Waals surface area contributed by atoms with Gasteiger partial charge in [0.25, 0.3) is 0 Å². The highest BCUT2D eigenvalue weighted by Gasteiger charge is 2.31. The number of methoxy groups -OCH3 is 2. The van der Waals surface area contributed by atoms with Gasteiger partial charge in [0.2, 0.25) is 0 Å². The van der Waals surface area contributed by atoms with Gasteiger partial charge in [-0.05, 0) is 44.0 Å². The van der Waals surface area contributed by atoms with E-state index < -0.39 is 0 Å². The van der Waals surface area contributed by atoms with Gasteiger partial charge in [0.15, 0.2) is 11.5 Å². The molecule has 130 valence electrons. The van der Waals surface area contributed by atoms with Gasteiger partial charge in [-0.1, -0.05) is 18.1 Å². The van der Waals surface area contributed by atoms with Crippen molar-refractivity contribution in [2.45, 2.75) is 45.7 Å². The predicted molar refractivity (Wildman–Crippen MR) is 92.5 cm³/mol. The maximum Gasteiger partial charge on any atom is 0.161 e. The standard InChI is InChI=1S/C19H26N2O3/c1-5-16-19(13(2)20-24-16)15-7-6-10-21(15)12-14-8-9-17(22-3)18(11-14)23-4/h8-9,11,15H,5-7,10,12H2,1-4H3. The van der Waals surface area contributed by atoms with Gasteiger partial charge in [-0.3, -0.25) is 4.90 Å². The van der Waals surface area contributed by atoms with E-state index in [4.69, 9.17) is 14.0 Å². The zero-order chi connectivity index (χ0) is 17.1. The lowest BCUT2D eigenvalue weighted by Crippen LogP contribution is -2.23. The van der Waals surface area contributed by atoms with Gasteiger partial charge in [-0.15, -0.1) is 0 Å². The van der Waals surface area contributed by atoms with Crippen molar-refractivity contribution < 1.29 is 14.0 Å². The lowest BCUT2D eigenvalue weighted by Gasteiger charge is -2.25. The van der Waals surface area contributed by atoms with Crippen molar-refractivity contribution in [3.8, 4) is 11.5 Å². The molecule has 0 amide bonds. The van der Waals surface area contributed by atoms with Gasteiger partial charge < -0.3 is 14.0 Å². The van der Waals surface area contributed by atoms with E-state index in [-0.39, 0.29) is 0 Å². The summed E-state index contributed by atoms with van der Waals surface area (Å²) in [6, 6.07) is 6.54. The van der Waals surface area contributed by atoms with Crippen LogP contribution in [-0.4, -0.2) is 30.8 Å². The molecular formula is C19H26N2O3. The predicted octanol–water partition coefficient (Wildman–Crippen LogP) is 3.90. The highest BCUT2D eigenvalue weighted by Crippen LogP contribution is 2.37. The largest absolute Gasteiger partial charge is 0.493 e. The monoisotopic (exact) mass is 330 g/mol. The van der Waals surface area contributed by atoms with Crippen LogP contribution < -0.4 is 9.47 Å². The summed E-state index contributed by atoms with van der Waals surface area (Å²) < 4.78 is 16.3. The Bertz CT molecular complexity index is 696. The first-order valence-electron chi connectivity index (χ1n) is 8.57. The maximum atomic E-state index is 5.51. The van der Waals surface area contributed by atoms with Crippen molar-refractivity contribution >= 4 is 0 Å². The molecule has 3 rings (SSSR count). The van der Waals surface area contributed by atoms with Crippen LogP contribution in [0.4, 0.5) is 0 Å². The first-order chi connectivity index (χ1) is 11.7. The molecule has 1 saturated heterocycles. The fourth-order valence-corrected chi connectivity index (χ4v) is 3.66. The molecule has 5 nitrogen and oxygen atoms in total. The lowest BCUT2D eigenvalue weighted by molar-refractivity contribution is 0.244. The first kappa shape index (κ1) is 16.8. The molecule has 0 radical (unpaired) electrons. The molecular weight excluding hydrogens is 304 g/mol. The molecule has 24 heavy (non-hydrogen) atoms. The summed E-state index contributed by atoms with van der Waals surface area (Å²) in [4.78, 5) is 2.51. The van der Waals surface area contributed by atoms with Gasteiger partial charge >= 0.3 is 0 Å². The molecule has 1 aromatic carbocycles. The van der Waals surface area contributed by atoms with Crippen molar-refractivity contribution in [3.05, 3.63) is 40.8 Å². The molecule has 1 aliphatic heterocycles. The number of likely N-dealkylation sites (tertiary alicyclic amines) is 1. The summed E-state index contributed by atoms with van der Waals surface area (Å²) in [5.74, 6) is 2.57. The second-order valence-electron chi connectivity index (χ2n) is 6.28. The van der Waals surface area contributed by atoms with Crippen LogP contribution in [0, 0.1) is 6.92 Å². The van der Waals surface area contributed by atoms with Crippen LogP contribution in [0.3, 0.4) is 0 Å². The number of rotatable bonds is 6. The Labute approximate surface area is 143 Å². The third-order valence-electron chi connectivity index (χ3n) is 4.83. The molecule has 0 spiro atoms. The summed E-state index contributed by atoms with van der Waals surface area (Å²) in [7, 11) is 3.34. The Hall–Kier alpha value is -2.01. The van der Waals surface area contributed by atoms with E-state index in [9.17, 15) is 0 Å². The molecule has 5 heteroatoms. The average Bonchev–Trinajstić information content (AvgIpc) is 3.20. The quantitative estimate of drug-likeness (QED) is 0.804. The number of aryl methyl sites for hydroxylation is 2. The van der Waals surface area contributed by atoms with Crippen LogP contribution in [0.25, 0.3) is 0 Å². The molecule has 1 aromatic heterocycles. The summed E-state index contributed by atoms with van der Waals surface area (Å²) in [6.45, 7) is 6.15. The smallest absolute Gasteiger partial charge is 0.161 e. The summed E-state index contributed by atoms with van der Waals surface area (Å²) in [5, 5.41) is 4.19. The van der Waals surface area contributed by atoms with Crippen LogP contribution in [0.1, 0.15) is 48.4 Å². The summed E-state index contributed by atoms with van der Waals surface area (Å²) >= 11 is 0. The fourth-order valence-electron chi connectivity index (χ4n) is 3.66. The minimum atomic E-state index is 0.388. The number of hydrogen-bond donors (Lipinski definition) is 0. The van der Waals surface area contributed by atoms with E-state index in [2.05, 4.69) is 29.1 Å². The Kier molecular flexibility index (Phi) is 5.09. The van der Waals surface area contributed by atoms with E-state index >= 15 is 0 Å². The number of ether oxygens (including phenoxy) is 2. The van der Waals surface area contributed by atoms with Crippen molar-refractivity contribution in [3.63, 3.8) is 0 Å². The zero-order valence-electron chi connectivity index (χ0n) is 15.0. The molecule has 2 heterocycles. The van der Waals surface area contributed by atoms with E-state index in [0.717, 1.165) is 48.9 Å². The van der Waals surface area contributed by atoms with E-state index in [1.165, 1.54) is 17.5 Å². The molecule has 0 aliphatic carbocycles. The number of aromatic nitrogens is 1. The van der Waals surface area contributed by atoms with Crippen LogP contribution in [0.5, 0.6) is 11.5 Å². The van der Waals surface area contributed by atoms with Crippen LogP contribution in [-0.2, 0) is 13.0 Å². The third kappa shape index (κ3) is 3.13. The van der Waals surface area contributed by atoms with Crippen molar-refractivity contribution in [2.24, 2.45) is 0 Å². The Morgan fingerprint density at radius 2 is 2.04 bits per heavy atom. The topological polar surface area (TPSA) is 47.7 Å². The van der Waals surface area contributed by atoms with E-state index in [0.29, 0.717) is 6.04 Å². The first-order valence-corrected chi connectivity index (χ1v) is 8.57. The summed E-state index contributed by atoms with van der Waals surface area (Å²) in [5.41, 5.74) is 3.54. The van der Waals surface area contributed by atoms with E-state index in [1.54, 1.807) is 14.2 Å². The molecule has 0 bridgehead atoms. The molecule has 2 aromatic rings. The molecule has 0 saturated carbocycles. The molecule has 1 atom stereocenters. The Morgan fingerprint density at radius 3 is 2.75 bits per heavy atom. The third-order valence-corrected chi connectivity index (χ3v) is 4.83.